The van der Waals surface area contributed by atoms with E-state index in [0.29, 0.717) is 33.9 Å². The summed E-state index contributed by atoms with van der Waals surface area (Å²) in [6.07, 6.45) is -2.36. The fraction of sp³-hybridized carbons (Fsp3) is 0.333. The number of carbonyl (C=O) groups is 2. The van der Waals surface area contributed by atoms with E-state index >= 15 is 0 Å². The largest absolute Gasteiger partial charge is 0.416 e. The maximum absolute atomic E-state index is 14.1. The highest BCUT2D eigenvalue weighted by Crippen LogP contribution is 2.32. The highest BCUT2D eigenvalue weighted by molar-refractivity contribution is 7.92. The normalized spacial score (nSPS) is 12.4. The molecule has 7 nitrogen and oxygen atoms in total. The van der Waals surface area contributed by atoms with Crippen LogP contribution in [0.5, 0.6) is 0 Å². The Morgan fingerprint density at radius 1 is 0.977 bits per heavy atom. The van der Waals surface area contributed by atoms with Crippen LogP contribution in [0.1, 0.15) is 36.5 Å². The lowest BCUT2D eigenvalue weighted by atomic mass is 10.0. The van der Waals surface area contributed by atoms with Crippen LogP contribution < -0.4 is 9.62 Å². The lowest BCUT2D eigenvalue weighted by Gasteiger charge is -2.33. The Labute approximate surface area is 259 Å². The number of unbranched alkanes of at least 4 members (excludes halogenated alkanes) is 1. The number of amides is 2. The zero-order valence-electron chi connectivity index (χ0n) is 23.6. The number of nitrogens with one attached hydrogen (secondary N) is 1. The molecule has 3 aromatic carbocycles. The van der Waals surface area contributed by atoms with Gasteiger partial charge >= 0.3 is 6.18 Å². The molecular formula is C30H32Cl2F3N3O4S. The van der Waals surface area contributed by atoms with E-state index in [1.807, 2.05) is 6.92 Å². The fourth-order valence-corrected chi connectivity index (χ4v) is 5.65. The molecule has 0 aliphatic rings. The number of halogens is 5. The van der Waals surface area contributed by atoms with E-state index < -0.39 is 46.2 Å². The van der Waals surface area contributed by atoms with Gasteiger partial charge in [-0.15, -0.1) is 0 Å². The van der Waals surface area contributed by atoms with Gasteiger partial charge in [0.15, 0.2) is 0 Å². The van der Waals surface area contributed by atoms with Crippen molar-refractivity contribution in [2.24, 2.45) is 0 Å². The number of nitrogens with zero attached hydrogens (tertiary/aromatic N) is 2. The zero-order chi connectivity index (χ0) is 31.8. The summed E-state index contributed by atoms with van der Waals surface area (Å²) in [5.41, 5.74) is -0.255. The van der Waals surface area contributed by atoms with Gasteiger partial charge in [0, 0.05) is 29.6 Å². The van der Waals surface area contributed by atoms with Gasteiger partial charge in [-0.3, -0.25) is 13.9 Å². The number of anilines is 1. The van der Waals surface area contributed by atoms with Gasteiger partial charge in [0.25, 0.3) is 0 Å². The van der Waals surface area contributed by atoms with Crippen LogP contribution in [0.3, 0.4) is 0 Å². The summed E-state index contributed by atoms with van der Waals surface area (Å²) in [6, 6.07) is 16.1. The first-order valence-electron chi connectivity index (χ1n) is 13.4. The second-order valence-corrected chi connectivity index (χ2v) is 12.7. The minimum Gasteiger partial charge on any atom is -0.354 e. The first kappa shape index (κ1) is 34.2. The van der Waals surface area contributed by atoms with E-state index in [4.69, 9.17) is 23.2 Å². The van der Waals surface area contributed by atoms with E-state index in [-0.39, 0.29) is 23.7 Å². The summed E-state index contributed by atoms with van der Waals surface area (Å²) in [5, 5.41) is 3.41. The summed E-state index contributed by atoms with van der Waals surface area (Å²) >= 11 is 12.5. The van der Waals surface area contributed by atoms with Crippen LogP contribution in [0.2, 0.25) is 10.0 Å². The summed E-state index contributed by atoms with van der Waals surface area (Å²) in [5.74, 6) is -1.29. The Balaban J connectivity index is 2.09. The quantitative estimate of drug-likeness (QED) is 0.218. The van der Waals surface area contributed by atoms with Crippen molar-refractivity contribution in [2.45, 2.75) is 44.9 Å². The van der Waals surface area contributed by atoms with Crippen molar-refractivity contribution in [3.8, 4) is 0 Å². The van der Waals surface area contributed by atoms with Crippen molar-refractivity contribution in [1.29, 1.82) is 0 Å². The molecule has 3 aromatic rings. The van der Waals surface area contributed by atoms with E-state index in [1.54, 1.807) is 42.5 Å². The average molecular weight is 659 g/mol. The Kier molecular flexibility index (Phi) is 11.9. The van der Waals surface area contributed by atoms with Gasteiger partial charge in [-0.05, 0) is 47.9 Å². The summed E-state index contributed by atoms with van der Waals surface area (Å²) in [6.45, 7) is 1.25. The van der Waals surface area contributed by atoms with E-state index in [2.05, 4.69) is 5.32 Å². The average Bonchev–Trinajstić information content (AvgIpc) is 2.94. The lowest BCUT2D eigenvalue weighted by molar-refractivity contribution is -0.140. The number of rotatable bonds is 13. The minimum absolute atomic E-state index is 0.0815. The molecule has 0 radical (unpaired) electrons. The third kappa shape index (κ3) is 9.87. The third-order valence-corrected chi connectivity index (χ3v) is 8.32. The Morgan fingerprint density at radius 2 is 1.67 bits per heavy atom. The predicted molar refractivity (Wildman–Crippen MR) is 162 cm³/mol. The molecule has 0 aliphatic carbocycles. The Bertz CT molecular complexity index is 1520. The van der Waals surface area contributed by atoms with Gasteiger partial charge in [0.2, 0.25) is 21.8 Å². The number of benzene rings is 3. The third-order valence-electron chi connectivity index (χ3n) is 6.60. The van der Waals surface area contributed by atoms with Crippen molar-refractivity contribution in [2.75, 3.05) is 23.7 Å². The molecule has 2 amide bonds. The van der Waals surface area contributed by atoms with Crippen LogP contribution >= 0.6 is 23.2 Å². The van der Waals surface area contributed by atoms with Crippen molar-refractivity contribution in [3.63, 3.8) is 0 Å². The topological polar surface area (TPSA) is 86.8 Å². The Morgan fingerprint density at radius 3 is 2.28 bits per heavy atom. The monoisotopic (exact) mass is 657 g/mol. The number of carbonyl (C=O) groups excluding carboxylic acids is 2. The smallest absolute Gasteiger partial charge is 0.354 e. The second-order valence-electron chi connectivity index (χ2n) is 9.93. The van der Waals surface area contributed by atoms with Gasteiger partial charge in [0.1, 0.15) is 12.6 Å². The van der Waals surface area contributed by atoms with Crippen LogP contribution in [-0.4, -0.2) is 50.5 Å². The van der Waals surface area contributed by atoms with Crippen molar-refractivity contribution < 1.29 is 31.2 Å². The number of hydrogen-bond acceptors (Lipinski definition) is 4. The molecule has 0 fully saturated rings. The van der Waals surface area contributed by atoms with Crippen LogP contribution in [0.4, 0.5) is 18.9 Å². The molecule has 232 valence electrons. The molecule has 3 rings (SSSR count). The van der Waals surface area contributed by atoms with E-state index in [1.165, 1.54) is 17.0 Å². The maximum atomic E-state index is 14.1. The van der Waals surface area contributed by atoms with Crippen molar-refractivity contribution in [1.82, 2.24) is 10.2 Å². The highest BCUT2D eigenvalue weighted by atomic mass is 35.5. The molecule has 0 aromatic heterocycles. The standard InChI is InChI=1S/C30H32Cl2F3N3O4S/c1-3-4-15-36-29(40)27(16-21-9-6-5-7-10-21)37(19-22-13-14-24(31)18-26(22)32)28(39)20-38(43(2,41)42)25-12-8-11-23(17-25)30(33,34)35/h5-14,17-18,27H,3-4,15-16,19-20H2,1-2H3,(H,36,40)/t27-/m0/s1. The number of alkyl halides is 3. The van der Waals surface area contributed by atoms with E-state index in [9.17, 15) is 31.2 Å². The Hall–Kier alpha value is -3.28. The van der Waals surface area contributed by atoms with Crippen LogP contribution in [0.15, 0.2) is 72.8 Å². The summed E-state index contributed by atoms with van der Waals surface area (Å²) < 4.78 is 66.6. The molecule has 43 heavy (non-hydrogen) atoms. The number of sulfonamides is 1. The molecule has 1 N–H and O–H groups in total. The highest BCUT2D eigenvalue weighted by Gasteiger charge is 2.35. The molecule has 0 saturated carbocycles. The van der Waals surface area contributed by atoms with Crippen LogP contribution in [0, 0.1) is 0 Å². The minimum atomic E-state index is -4.74. The number of hydrogen-bond donors (Lipinski definition) is 1. The lowest BCUT2D eigenvalue weighted by Crippen LogP contribution is -2.53. The molecule has 0 heterocycles. The van der Waals surface area contributed by atoms with Gasteiger partial charge < -0.3 is 10.2 Å². The van der Waals surface area contributed by atoms with Gasteiger partial charge in [0.05, 0.1) is 17.5 Å². The molecule has 0 aliphatic heterocycles. The first-order valence-corrected chi connectivity index (χ1v) is 16.0. The van der Waals surface area contributed by atoms with Crippen molar-refractivity contribution >= 4 is 50.7 Å². The van der Waals surface area contributed by atoms with Gasteiger partial charge in [-0.25, -0.2) is 8.42 Å². The molecule has 0 saturated heterocycles. The predicted octanol–water partition coefficient (Wildman–Crippen LogP) is 6.33. The SMILES string of the molecule is CCCCNC(=O)[C@H](Cc1ccccc1)N(Cc1ccc(Cl)cc1Cl)C(=O)CN(c1cccc(C(F)(F)F)c1)S(C)(=O)=O. The van der Waals surface area contributed by atoms with Crippen LogP contribution in [-0.2, 0) is 38.8 Å². The summed E-state index contributed by atoms with van der Waals surface area (Å²) in [4.78, 5) is 28.8. The maximum Gasteiger partial charge on any atom is 0.416 e. The fourth-order valence-electron chi connectivity index (χ4n) is 4.34. The van der Waals surface area contributed by atoms with E-state index in [0.717, 1.165) is 30.4 Å². The van der Waals surface area contributed by atoms with Gasteiger partial charge in [-0.1, -0.05) is 79.0 Å². The van der Waals surface area contributed by atoms with Crippen molar-refractivity contribution in [3.05, 3.63) is 99.5 Å². The molecular weight excluding hydrogens is 626 g/mol. The molecule has 0 spiro atoms. The van der Waals surface area contributed by atoms with Gasteiger partial charge in [-0.2, -0.15) is 13.2 Å². The molecule has 0 unspecified atom stereocenters. The van der Waals surface area contributed by atoms with Crippen LogP contribution in [0.25, 0.3) is 0 Å². The second kappa shape index (κ2) is 14.9. The molecule has 0 bridgehead atoms. The zero-order valence-corrected chi connectivity index (χ0v) is 25.9. The molecule has 1 atom stereocenters. The summed E-state index contributed by atoms with van der Waals surface area (Å²) in [7, 11) is -4.24. The first-order chi connectivity index (χ1) is 20.2. The molecule has 13 heteroatoms.